The number of carbonyl (C=O) groups excluding carboxylic acids is 3. The van der Waals surface area contributed by atoms with Gasteiger partial charge in [0.1, 0.15) is 5.75 Å². The van der Waals surface area contributed by atoms with Crippen LogP contribution in [0.15, 0.2) is 48.5 Å². The third-order valence-corrected chi connectivity index (χ3v) is 3.81. The molecular weight excluding hydrogens is 308 g/mol. The minimum atomic E-state index is -0.849. The number of carbonyl (C=O) groups is 3. The second kappa shape index (κ2) is 6.16. The van der Waals surface area contributed by atoms with Crippen molar-refractivity contribution in [2.24, 2.45) is 0 Å². The van der Waals surface area contributed by atoms with Crippen LogP contribution in [0.3, 0.4) is 0 Å². The van der Waals surface area contributed by atoms with Crippen LogP contribution < -0.4 is 9.64 Å². The molecule has 0 aromatic heterocycles. The van der Waals surface area contributed by atoms with Crippen LogP contribution in [-0.2, 0) is 16.1 Å². The molecule has 3 rings (SSSR count). The van der Waals surface area contributed by atoms with Crippen molar-refractivity contribution >= 4 is 23.5 Å². The molecule has 1 fully saturated rings. The largest absolute Gasteiger partial charge is 0.497 e. The Balaban J connectivity index is 1.87. The van der Waals surface area contributed by atoms with Crippen LogP contribution in [0.1, 0.15) is 11.1 Å². The molecule has 1 aliphatic heterocycles. The lowest BCUT2D eigenvalue weighted by atomic mass is 10.1. The van der Waals surface area contributed by atoms with E-state index in [4.69, 9.17) is 4.74 Å². The van der Waals surface area contributed by atoms with Gasteiger partial charge in [-0.1, -0.05) is 29.8 Å². The number of hydrogen-bond acceptors (Lipinski definition) is 4. The Morgan fingerprint density at radius 1 is 0.958 bits per heavy atom. The van der Waals surface area contributed by atoms with Crippen molar-refractivity contribution in [1.29, 1.82) is 0 Å². The molecule has 0 spiro atoms. The van der Waals surface area contributed by atoms with Gasteiger partial charge in [-0.25, -0.2) is 9.69 Å². The molecule has 0 aliphatic carbocycles. The Morgan fingerprint density at radius 3 is 2.29 bits per heavy atom. The molecule has 0 bridgehead atoms. The molecule has 1 aliphatic rings. The zero-order chi connectivity index (χ0) is 17.3. The number of imide groups is 2. The molecule has 6 nitrogen and oxygen atoms in total. The van der Waals surface area contributed by atoms with E-state index in [0.717, 1.165) is 20.9 Å². The summed E-state index contributed by atoms with van der Waals surface area (Å²) >= 11 is 0. The Morgan fingerprint density at radius 2 is 1.67 bits per heavy atom. The summed E-state index contributed by atoms with van der Waals surface area (Å²) in [4.78, 5) is 38.8. The van der Waals surface area contributed by atoms with Crippen molar-refractivity contribution in [2.75, 3.05) is 12.0 Å². The van der Waals surface area contributed by atoms with Gasteiger partial charge in [0, 0.05) is 0 Å². The Kier molecular flexibility index (Phi) is 4.04. The SMILES string of the molecule is COc1ccc(N2C(=O)C(=O)N(Cc3cccc(C)c3)C2=O)cc1. The number of urea groups is 1. The first-order valence-corrected chi connectivity index (χ1v) is 7.41. The Labute approximate surface area is 139 Å². The van der Waals surface area contributed by atoms with Crippen molar-refractivity contribution in [2.45, 2.75) is 13.5 Å². The lowest BCUT2D eigenvalue weighted by Gasteiger charge is -2.16. The van der Waals surface area contributed by atoms with Crippen molar-refractivity contribution in [3.05, 3.63) is 59.7 Å². The van der Waals surface area contributed by atoms with Gasteiger partial charge in [0.25, 0.3) is 0 Å². The van der Waals surface area contributed by atoms with E-state index in [0.29, 0.717) is 11.4 Å². The average Bonchev–Trinajstić information content (AvgIpc) is 2.79. The number of hydrogen-bond donors (Lipinski definition) is 0. The standard InChI is InChI=1S/C18H16N2O4/c1-12-4-3-5-13(10-12)11-19-16(21)17(22)20(18(19)23)14-6-8-15(24-2)9-7-14/h3-10H,11H2,1-2H3. The molecule has 122 valence electrons. The predicted molar refractivity (Wildman–Crippen MR) is 87.6 cm³/mol. The number of aryl methyl sites for hydroxylation is 1. The monoisotopic (exact) mass is 324 g/mol. The highest BCUT2D eigenvalue weighted by molar-refractivity contribution is 6.52. The first-order chi connectivity index (χ1) is 11.5. The minimum absolute atomic E-state index is 0.0672. The third-order valence-electron chi connectivity index (χ3n) is 3.81. The topological polar surface area (TPSA) is 66.9 Å². The molecule has 0 saturated carbocycles. The number of ether oxygens (including phenoxy) is 1. The zero-order valence-electron chi connectivity index (χ0n) is 13.4. The average molecular weight is 324 g/mol. The summed E-state index contributed by atoms with van der Waals surface area (Å²) in [6, 6.07) is 13.2. The molecule has 1 saturated heterocycles. The van der Waals surface area contributed by atoms with Crippen LogP contribution in [-0.4, -0.2) is 29.9 Å². The predicted octanol–water partition coefficient (Wildman–Crippen LogP) is 2.50. The molecule has 6 heteroatoms. The molecule has 24 heavy (non-hydrogen) atoms. The van der Waals surface area contributed by atoms with Gasteiger partial charge in [-0.2, -0.15) is 0 Å². The van der Waals surface area contributed by atoms with Gasteiger partial charge in [0.05, 0.1) is 19.3 Å². The number of rotatable bonds is 4. The van der Waals surface area contributed by atoms with Gasteiger partial charge in [-0.3, -0.25) is 14.5 Å². The number of benzene rings is 2. The third kappa shape index (κ3) is 2.74. The van der Waals surface area contributed by atoms with Crippen LogP contribution in [0.25, 0.3) is 0 Å². The smallest absolute Gasteiger partial charge is 0.339 e. The summed E-state index contributed by atoms with van der Waals surface area (Å²) < 4.78 is 5.05. The van der Waals surface area contributed by atoms with Gasteiger partial charge in [-0.15, -0.1) is 0 Å². The molecule has 0 unspecified atom stereocenters. The maximum Gasteiger partial charge on any atom is 0.339 e. The van der Waals surface area contributed by atoms with E-state index in [1.54, 1.807) is 24.3 Å². The molecule has 0 radical (unpaired) electrons. The van der Waals surface area contributed by atoms with E-state index < -0.39 is 17.8 Å². The zero-order valence-corrected chi connectivity index (χ0v) is 13.4. The summed E-state index contributed by atoms with van der Waals surface area (Å²) in [5, 5.41) is 0. The summed E-state index contributed by atoms with van der Waals surface area (Å²) in [6.07, 6.45) is 0. The quantitative estimate of drug-likeness (QED) is 0.640. The molecule has 2 aromatic rings. The van der Waals surface area contributed by atoms with Gasteiger partial charge in [-0.05, 0) is 36.8 Å². The number of amides is 4. The van der Waals surface area contributed by atoms with Crippen molar-refractivity contribution < 1.29 is 19.1 Å². The number of anilines is 1. The fraction of sp³-hybridized carbons (Fsp3) is 0.167. The summed E-state index contributed by atoms with van der Waals surface area (Å²) in [6.45, 7) is 1.99. The minimum Gasteiger partial charge on any atom is -0.497 e. The molecule has 0 atom stereocenters. The molecule has 2 aromatic carbocycles. The van der Waals surface area contributed by atoms with Crippen LogP contribution in [0.2, 0.25) is 0 Å². The lowest BCUT2D eigenvalue weighted by molar-refractivity contribution is -0.139. The van der Waals surface area contributed by atoms with E-state index in [2.05, 4.69) is 0 Å². The van der Waals surface area contributed by atoms with Crippen LogP contribution in [0, 0.1) is 6.92 Å². The highest BCUT2D eigenvalue weighted by Gasteiger charge is 2.45. The maximum atomic E-state index is 12.5. The highest BCUT2D eigenvalue weighted by Crippen LogP contribution is 2.25. The Bertz CT molecular complexity index is 814. The van der Waals surface area contributed by atoms with Crippen LogP contribution in [0.4, 0.5) is 10.5 Å². The van der Waals surface area contributed by atoms with Crippen LogP contribution in [0.5, 0.6) is 5.75 Å². The van der Waals surface area contributed by atoms with E-state index in [1.807, 2.05) is 31.2 Å². The normalized spacial score (nSPS) is 14.5. The first kappa shape index (κ1) is 15.7. The lowest BCUT2D eigenvalue weighted by Crippen LogP contribution is -2.33. The fourth-order valence-electron chi connectivity index (χ4n) is 2.60. The Hall–Kier alpha value is -3.15. The highest BCUT2D eigenvalue weighted by atomic mass is 16.5. The number of nitrogens with zero attached hydrogens (tertiary/aromatic N) is 2. The summed E-state index contributed by atoms with van der Waals surface area (Å²) in [5.41, 5.74) is 2.15. The van der Waals surface area contributed by atoms with E-state index in [1.165, 1.54) is 7.11 Å². The molecule has 0 N–H and O–H groups in total. The molecule has 1 heterocycles. The van der Waals surface area contributed by atoms with E-state index in [9.17, 15) is 14.4 Å². The molecular formula is C18H16N2O4. The molecule has 4 amide bonds. The first-order valence-electron chi connectivity index (χ1n) is 7.41. The van der Waals surface area contributed by atoms with Gasteiger partial charge in [0.15, 0.2) is 0 Å². The second-order valence-corrected chi connectivity index (χ2v) is 5.50. The van der Waals surface area contributed by atoms with Crippen molar-refractivity contribution in [3.8, 4) is 5.75 Å². The van der Waals surface area contributed by atoms with Crippen molar-refractivity contribution in [1.82, 2.24) is 4.90 Å². The van der Waals surface area contributed by atoms with Gasteiger partial charge < -0.3 is 4.74 Å². The van der Waals surface area contributed by atoms with Crippen LogP contribution >= 0.6 is 0 Å². The van der Waals surface area contributed by atoms with E-state index in [-0.39, 0.29) is 6.54 Å². The fourth-order valence-corrected chi connectivity index (χ4v) is 2.60. The summed E-state index contributed by atoms with van der Waals surface area (Å²) in [7, 11) is 1.52. The van der Waals surface area contributed by atoms with Gasteiger partial charge >= 0.3 is 17.8 Å². The second-order valence-electron chi connectivity index (χ2n) is 5.50. The number of methoxy groups -OCH3 is 1. The van der Waals surface area contributed by atoms with Crippen molar-refractivity contribution in [3.63, 3.8) is 0 Å². The van der Waals surface area contributed by atoms with Gasteiger partial charge in [0.2, 0.25) is 0 Å². The van der Waals surface area contributed by atoms with E-state index >= 15 is 0 Å². The summed E-state index contributed by atoms with van der Waals surface area (Å²) in [5.74, 6) is -1.07. The maximum absolute atomic E-state index is 12.5.